The van der Waals surface area contributed by atoms with Crippen molar-refractivity contribution in [2.45, 2.75) is 32.9 Å². The van der Waals surface area contributed by atoms with Crippen molar-refractivity contribution in [3.05, 3.63) is 56.7 Å². The first-order valence-corrected chi connectivity index (χ1v) is 8.48. The Hall–Kier alpha value is -1.85. The Kier molecular flexibility index (Phi) is 6.19. The van der Waals surface area contributed by atoms with Gasteiger partial charge in [0.15, 0.2) is 0 Å². The standard InChI is InChI=1S/C17H19ClN2O2S/c1-11-3-5-13(6-4-11)15(20-12(2)21)9-17(22)19-10-14-7-8-16(18)23-14/h3-8,15H,9-10H2,1-2H3,(H,19,22)(H,20,21). The molecule has 2 amide bonds. The summed E-state index contributed by atoms with van der Waals surface area (Å²) < 4.78 is 0.699. The summed E-state index contributed by atoms with van der Waals surface area (Å²) in [6, 6.07) is 11.2. The molecule has 122 valence electrons. The summed E-state index contributed by atoms with van der Waals surface area (Å²) in [4.78, 5) is 24.6. The number of benzene rings is 1. The largest absolute Gasteiger partial charge is 0.351 e. The molecule has 23 heavy (non-hydrogen) atoms. The fraction of sp³-hybridized carbons (Fsp3) is 0.294. The number of rotatable bonds is 6. The highest BCUT2D eigenvalue weighted by atomic mass is 35.5. The van der Waals surface area contributed by atoms with E-state index in [9.17, 15) is 9.59 Å². The van der Waals surface area contributed by atoms with Gasteiger partial charge in [-0.3, -0.25) is 9.59 Å². The Morgan fingerprint density at radius 3 is 2.43 bits per heavy atom. The molecule has 0 aliphatic carbocycles. The van der Waals surface area contributed by atoms with Crippen molar-refractivity contribution in [1.29, 1.82) is 0 Å². The van der Waals surface area contributed by atoms with Gasteiger partial charge in [0.25, 0.3) is 0 Å². The number of amides is 2. The van der Waals surface area contributed by atoms with Crippen molar-refractivity contribution in [2.24, 2.45) is 0 Å². The van der Waals surface area contributed by atoms with Gasteiger partial charge < -0.3 is 10.6 Å². The molecule has 1 atom stereocenters. The Morgan fingerprint density at radius 2 is 1.87 bits per heavy atom. The van der Waals surface area contributed by atoms with E-state index in [2.05, 4.69) is 10.6 Å². The number of nitrogens with one attached hydrogen (secondary N) is 2. The van der Waals surface area contributed by atoms with Crippen molar-refractivity contribution in [2.75, 3.05) is 0 Å². The van der Waals surface area contributed by atoms with Gasteiger partial charge in [-0.25, -0.2) is 0 Å². The minimum atomic E-state index is -0.333. The van der Waals surface area contributed by atoms with Gasteiger partial charge in [0.2, 0.25) is 11.8 Å². The molecule has 1 unspecified atom stereocenters. The van der Waals surface area contributed by atoms with Crippen LogP contribution in [0.2, 0.25) is 4.34 Å². The molecule has 2 rings (SSSR count). The molecule has 0 spiro atoms. The molecule has 2 N–H and O–H groups in total. The maximum atomic E-state index is 12.2. The highest BCUT2D eigenvalue weighted by molar-refractivity contribution is 7.16. The fourth-order valence-corrected chi connectivity index (χ4v) is 3.21. The van der Waals surface area contributed by atoms with Gasteiger partial charge in [-0.15, -0.1) is 11.3 Å². The molecule has 1 aromatic carbocycles. The predicted molar refractivity (Wildman–Crippen MR) is 93.5 cm³/mol. The lowest BCUT2D eigenvalue weighted by molar-refractivity contribution is -0.122. The molecule has 2 aromatic rings. The minimum Gasteiger partial charge on any atom is -0.351 e. The number of carbonyl (C=O) groups excluding carboxylic acids is 2. The van der Waals surface area contributed by atoms with Crippen LogP contribution in [0.3, 0.4) is 0 Å². The normalized spacial score (nSPS) is 11.8. The monoisotopic (exact) mass is 350 g/mol. The lowest BCUT2D eigenvalue weighted by atomic mass is 10.0. The molecular weight excluding hydrogens is 332 g/mol. The zero-order valence-electron chi connectivity index (χ0n) is 13.1. The zero-order valence-corrected chi connectivity index (χ0v) is 14.6. The highest BCUT2D eigenvalue weighted by Gasteiger charge is 2.17. The summed E-state index contributed by atoms with van der Waals surface area (Å²) in [6.45, 7) is 3.89. The summed E-state index contributed by atoms with van der Waals surface area (Å²) in [7, 11) is 0. The lowest BCUT2D eigenvalue weighted by Gasteiger charge is -2.18. The van der Waals surface area contributed by atoms with Gasteiger partial charge in [-0.05, 0) is 24.6 Å². The van der Waals surface area contributed by atoms with Crippen molar-refractivity contribution in [3.8, 4) is 0 Å². The van der Waals surface area contributed by atoms with Crippen LogP contribution < -0.4 is 10.6 Å². The van der Waals surface area contributed by atoms with Crippen LogP contribution in [0.25, 0.3) is 0 Å². The predicted octanol–water partition coefficient (Wildman–Crippen LogP) is 3.59. The van der Waals surface area contributed by atoms with Crippen LogP contribution in [-0.2, 0) is 16.1 Å². The van der Waals surface area contributed by atoms with Gasteiger partial charge in [-0.1, -0.05) is 41.4 Å². The molecule has 4 nitrogen and oxygen atoms in total. The van der Waals surface area contributed by atoms with E-state index in [-0.39, 0.29) is 24.3 Å². The summed E-state index contributed by atoms with van der Waals surface area (Å²) in [5.74, 6) is -0.276. The van der Waals surface area contributed by atoms with E-state index in [0.717, 1.165) is 16.0 Å². The Bertz CT molecular complexity index is 682. The lowest BCUT2D eigenvalue weighted by Crippen LogP contribution is -2.32. The summed E-state index contributed by atoms with van der Waals surface area (Å²) >= 11 is 7.31. The number of aryl methyl sites for hydroxylation is 1. The van der Waals surface area contributed by atoms with E-state index in [1.165, 1.54) is 18.3 Å². The van der Waals surface area contributed by atoms with Crippen molar-refractivity contribution in [1.82, 2.24) is 10.6 Å². The van der Waals surface area contributed by atoms with Crippen molar-refractivity contribution < 1.29 is 9.59 Å². The van der Waals surface area contributed by atoms with Gasteiger partial charge in [-0.2, -0.15) is 0 Å². The number of hydrogen-bond acceptors (Lipinski definition) is 3. The number of halogens is 1. The molecule has 0 aliphatic rings. The molecular formula is C17H19ClN2O2S. The van der Waals surface area contributed by atoms with Crippen molar-refractivity contribution in [3.63, 3.8) is 0 Å². The van der Waals surface area contributed by atoms with Crippen LogP contribution in [-0.4, -0.2) is 11.8 Å². The molecule has 1 heterocycles. The molecule has 1 aromatic heterocycles. The number of hydrogen-bond donors (Lipinski definition) is 2. The topological polar surface area (TPSA) is 58.2 Å². The van der Waals surface area contributed by atoms with Crippen LogP contribution in [0.5, 0.6) is 0 Å². The first-order valence-electron chi connectivity index (χ1n) is 7.28. The molecule has 0 fully saturated rings. The maximum absolute atomic E-state index is 12.2. The molecule has 0 radical (unpaired) electrons. The SMILES string of the molecule is CC(=O)NC(CC(=O)NCc1ccc(Cl)s1)c1ccc(C)cc1. The average Bonchev–Trinajstić information content (AvgIpc) is 2.90. The molecule has 0 saturated heterocycles. The van der Waals surface area contributed by atoms with Gasteiger partial charge in [0.05, 0.1) is 23.3 Å². The third-order valence-electron chi connectivity index (χ3n) is 3.34. The second kappa shape index (κ2) is 8.13. The van der Waals surface area contributed by atoms with E-state index >= 15 is 0 Å². The van der Waals surface area contributed by atoms with Crippen LogP contribution in [0.4, 0.5) is 0 Å². The highest BCUT2D eigenvalue weighted by Crippen LogP contribution is 2.21. The van der Waals surface area contributed by atoms with Gasteiger partial charge in [0, 0.05) is 11.8 Å². The Labute approximate surface area is 144 Å². The molecule has 0 saturated carbocycles. The van der Waals surface area contributed by atoms with E-state index in [0.29, 0.717) is 10.9 Å². The van der Waals surface area contributed by atoms with Crippen LogP contribution in [0.1, 0.15) is 35.4 Å². The Balaban J connectivity index is 1.97. The van der Waals surface area contributed by atoms with E-state index in [1.54, 1.807) is 6.07 Å². The van der Waals surface area contributed by atoms with E-state index < -0.39 is 0 Å². The van der Waals surface area contributed by atoms with Gasteiger partial charge in [0.1, 0.15) is 0 Å². The third kappa shape index (κ3) is 5.69. The first-order chi connectivity index (χ1) is 10.9. The molecule has 6 heteroatoms. The quantitative estimate of drug-likeness (QED) is 0.836. The summed E-state index contributed by atoms with van der Waals surface area (Å²) in [5.41, 5.74) is 2.05. The zero-order chi connectivity index (χ0) is 16.8. The smallest absolute Gasteiger partial charge is 0.222 e. The number of thiophene rings is 1. The van der Waals surface area contributed by atoms with E-state index in [1.807, 2.05) is 37.3 Å². The van der Waals surface area contributed by atoms with E-state index in [4.69, 9.17) is 11.6 Å². The summed E-state index contributed by atoms with van der Waals surface area (Å²) in [5, 5.41) is 5.69. The summed E-state index contributed by atoms with van der Waals surface area (Å²) in [6.07, 6.45) is 0.196. The Morgan fingerprint density at radius 1 is 1.17 bits per heavy atom. The minimum absolute atomic E-state index is 0.117. The average molecular weight is 351 g/mol. The third-order valence-corrected chi connectivity index (χ3v) is 4.57. The molecule has 0 bridgehead atoms. The first kappa shape index (κ1) is 17.5. The van der Waals surface area contributed by atoms with Crippen molar-refractivity contribution >= 4 is 34.8 Å². The van der Waals surface area contributed by atoms with Crippen LogP contribution in [0, 0.1) is 6.92 Å². The van der Waals surface area contributed by atoms with Gasteiger partial charge >= 0.3 is 0 Å². The second-order valence-electron chi connectivity index (χ2n) is 5.35. The molecule has 0 aliphatic heterocycles. The maximum Gasteiger partial charge on any atom is 0.222 e. The second-order valence-corrected chi connectivity index (χ2v) is 7.15. The fourth-order valence-electron chi connectivity index (χ4n) is 2.19. The van der Waals surface area contributed by atoms with Crippen LogP contribution in [0.15, 0.2) is 36.4 Å². The van der Waals surface area contributed by atoms with Crippen LogP contribution >= 0.6 is 22.9 Å². The number of carbonyl (C=O) groups is 2.